The van der Waals surface area contributed by atoms with Gasteiger partial charge in [0.05, 0.1) is 17.1 Å². The van der Waals surface area contributed by atoms with Crippen LogP contribution < -0.4 is 15.3 Å². The van der Waals surface area contributed by atoms with Crippen LogP contribution in [0.3, 0.4) is 0 Å². The Kier molecular flexibility index (Phi) is 6.89. The Morgan fingerprint density at radius 1 is 1.15 bits per heavy atom. The van der Waals surface area contributed by atoms with E-state index in [0.29, 0.717) is 48.3 Å². The number of alkyl halides is 1. The number of fused-ring (bicyclic) bond motifs is 3. The fourth-order valence-electron chi connectivity index (χ4n) is 7.73. The number of nitrogens with zero attached hydrogens (tertiary/aromatic N) is 7. The summed E-state index contributed by atoms with van der Waals surface area (Å²) >= 11 is 0. The lowest BCUT2D eigenvalue weighted by Gasteiger charge is -2.34. The number of hydrogen-bond acceptors (Lipinski definition) is 10. The van der Waals surface area contributed by atoms with Gasteiger partial charge >= 0.3 is 11.6 Å². The average Bonchev–Trinajstić information content (AvgIpc) is 3.78. The van der Waals surface area contributed by atoms with Crippen LogP contribution in [0.4, 0.5) is 14.6 Å². The predicted octanol–water partition coefficient (Wildman–Crippen LogP) is 4.94. The summed E-state index contributed by atoms with van der Waals surface area (Å²) in [4.78, 5) is 31.7. The molecule has 1 unspecified atom stereocenters. The zero-order valence-corrected chi connectivity index (χ0v) is 25.3. The highest BCUT2D eigenvalue weighted by Gasteiger charge is 2.49. The van der Waals surface area contributed by atoms with Crippen molar-refractivity contribution in [2.75, 3.05) is 37.7 Å². The molecule has 3 aromatic heterocycles. The zero-order chi connectivity index (χ0) is 31.6. The Hall–Kier alpha value is -4.65. The van der Waals surface area contributed by atoms with Crippen molar-refractivity contribution in [1.82, 2.24) is 29.6 Å². The highest BCUT2D eigenvalue weighted by atomic mass is 19.1. The normalized spacial score (nSPS) is 23.4. The van der Waals surface area contributed by atoms with Crippen molar-refractivity contribution >= 4 is 27.5 Å². The van der Waals surface area contributed by atoms with Gasteiger partial charge in [0.25, 0.3) is 0 Å². The number of aromatic nitrogens is 5. The van der Waals surface area contributed by atoms with E-state index in [4.69, 9.17) is 19.1 Å². The molecule has 2 aromatic carbocycles. The quantitative estimate of drug-likeness (QED) is 0.276. The number of halogens is 2. The number of anilines is 1. The van der Waals surface area contributed by atoms with Gasteiger partial charge in [-0.1, -0.05) is 12.1 Å². The van der Waals surface area contributed by atoms with Crippen molar-refractivity contribution in [1.29, 1.82) is 0 Å². The summed E-state index contributed by atoms with van der Waals surface area (Å²) in [6.45, 7) is 4.31. The summed E-state index contributed by atoms with van der Waals surface area (Å²) in [6.07, 6.45) is 6.14. The predicted molar refractivity (Wildman–Crippen MR) is 166 cm³/mol. The Morgan fingerprint density at radius 2 is 2.04 bits per heavy atom. The number of ether oxygens (including phenoxy) is 1. The molecule has 11 nitrogen and oxygen atoms in total. The monoisotopic (exact) mass is 629 g/mol. The van der Waals surface area contributed by atoms with E-state index in [9.17, 15) is 14.3 Å². The van der Waals surface area contributed by atoms with Gasteiger partial charge in [-0.3, -0.25) is 4.90 Å². The Morgan fingerprint density at radius 3 is 2.89 bits per heavy atom. The van der Waals surface area contributed by atoms with Gasteiger partial charge in [0.2, 0.25) is 0 Å². The van der Waals surface area contributed by atoms with Crippen LogP contribution in [0, 0.1) is 12.7 Å². The number of aromatic hydroxyl groups is 1. The van der Waals surface area contributed by atoms with Gasteiger partial charge in [-0.05, 0) is 62.7 Å². The summed E-state index contributed by atoms with van der Waals surface area (Å²) in [7, 11) is 0. The van der Waals surface area contributed by atoms with Gasteiger partial charge in [0.15, 0.2) is 5.82 Å². The molecule has 238 valence electrons. The average molecular weight is 630 g/mol. The molecule has 3 fully saturated rings. The molecule has 0 saturated carbocycles. The molecule has 1 N–H and O–H groups in total. The number of aryl methyl sites for hydroxylation is 1. The SMILES string of the molecule is Cc1c(-c2cc(O)cc3cccc(F)c23)oc(=O)c2c(N3CCCC(n4cncn4)C3)nc(OC[C@@]34CCCN3C[C@H](F)C4)nc12. The third kappa shape index (κ3) is 4.75. The third-order valence-corrected chi connectivity index (χ3v) is 9.86. The minimum Gasteiger partial charge on any atom is -0.508 e. The second kappa shape index (κ2) is 11.0. The minimum absolute atomic E-state index is 0.00518. The molecule has 13 heteroatoms. The standard InChI is InChI=1S/C33H33F2N7O4/c1-19-28-27(31(44)46-29(19)24-12-23(43)11-20-5-2-7-25(35)26(20)24)30(40-9-3-6-22(15-40)42-18-36-17-37-42)39-32(38-28)45-16-33-8-4-10-41(33)14-21(34)13-33/h2,5,7,11-12,17-18,21-22,43H,3-4,6,8-10,13-16H2,1H3/t21-,22?,33+/m1/s1. The lowest BCUT2D eigenvalue weighted by Crippen LogP contribution is -2.43. The van der Waals surface area contributed by atoms with Crippen LogP contribution in [0.15, 0.2) is 52.2 Å². The van der Waals surface area contributed by atoms with Crippen molar-refractivity contribution in [3.63, 3.8) is 0 Å². The van der Waals surface area contributed by atoms with Gasteiger partial charge in [0.1, 0.15) is 48.1 Å². The van der Waals surface area contributed by atoms with Crippen molar-refractivity contribution in [2.45, 2.75) is 56.8 Å². The van der Waals surface area contributed by atoms with E-state index in [1.807, 2.05) is 9.58 Å². The fourth-order valence-corrected chi connectivity index (χ4v) is 7.73. The molecule has 8 rings (SSSR count). The van der Waals surface area contributed by atoms with Crippen LogP contribution >= 0.6 is 0 Å². The maximum atomic E-state index is 15.2. The van der Waals surface area contributed by atoms with E-state index < -0.39 is 23.2 Å². The Labute approximate surface area is 262 Å². The van der Waals surface area contributed by atoms with Crippen LogP contribution in [0.2, 0.25) is 0 Å². The lowest BCUT2D eigenvalue weighted by molar-refractivity contribution is 0.107. The van der Waals surface area contributed by atoms with E-state index in [2.05, 4.69) is 15.0 Å². The van der Waals surface area contributed by atoms with Crippen LogP contribution in [0.1, 0.15) is 43.7 Å². The number of piperidine rings is 1. The Balaban J connectivity index is 1.28. The molecule has 0 radical (unpaired) electrons. The van der Waals surface area contributed by atoms with Crippen molar-refractivity contribution < 1.29 is 23.0 Å². The van der Waals surface area contributed by atoms with Crippen molar-refractivity contribution in [3.8, 4) is 23.1 Å². The molecule has 3 aliphatic rings. The molecule has 0 bridgehead atoms. The lowest BCUT2D eigenvalue weighted by atomic mass is 9.95. The molecule has 5 aromatic rings. The van der Waals surface area contributed by atoms with E-state index in [-0.39, 0.29) is 46.5 Å². The molecule has 6 heterocycles. The first kappa shape index (κ1) is 28.8. The van der Waals surface area contributed by atoms with E-state index >= 15 is 4.39 Å². The van der Waals surface area contributed by atoms with Crippen LogP contribution in [-0.4, -0.2) is 79.2 Å². The second-order valence-corrected chi connectivity index (χ2v) is 12.7. The van der Waals surface area contributed by atoms with E-state index in [1.165, 1.54) is 24.5 Å². The molecule has 46 heavy (non-hydrogen) atoms. The molecule has 0 spiro atoms. The van der Waals surface area contributed by atoms with Gasteiger partial charge in [-0.2, -0.15) is 15.1 Å². The first-order valence-electron chi connectivity index (χ1n) is 15.7. The molecule has 3 atom stereocenters. The molecular weight excluding hydrogens is 596 g/mol. The van der Waals surface area contributed by atoms with Crippen LogP contribution in [-0.2, 0) is 0 Å². The van der Waals surface area contributed by atoms with Crippen molar-refractivity contribution in [2.24, 2.45) is 0 Å². The summed E-state index contributed by atoms with van der Waals surface area (Å²) in [5, 5.41) is 15.7. The molecule has 3 aliphatic heterocycles. The second-order valence-electron chi connectivity index (χ2n) is 12.7. The first-order chi connectivity index (χ1) is 22.3. The van der Waals surface area contributed by atoms with Crippen LogP contribution in [0.5, 0.6) is 11.8 Å². The number of phenols is 1. The van der Waals surface area contributed by atoms with Gasteiger partial charge in [0, 0.05) is 42.6 Å². The molecular formula is C33H33F2N7O4. The highest BCUT2D eigenvalue weighted by molar-refractivity contribution is 6.00. The summed E-state index contributed by atoms with van der Waals surface area (Å²) in [6, 6.07) is 7.48. The maximum absolute atomic E-state index is 15.2. The van der Waals surface area contributed by atoms with Crippen molar-refractivity contribution in [3.05, 3.63) is 64.8 Å². The van der Waals surface area contributed by atoms with Gasteiger partial charge < -0.3 is 19.2 Å². The summed E-state index contributed by atoms with van der Waals surface area (Å²) in [5.41, 5.74) is -0.109. The minimum atomic E-state index is -0.911. The fraction of sp³-hybridized carbons (Fsp3) is 0.424. The van der Waals surface area contributed by atoms with Gasteiger partial charge in [-0.25, -0.2) is 23.2 Å². The number of phenolic OH excluding ortho intramolecular Hbond substituents is 1. The van der Waals surface area contributed by atoms with E-state index in [1.54, 1.807) is 25.4 Å². The topological polar surface area (TPSA) is 123 Å². The third-order valence-electron chi connectivity index (χ3n) is 9.86. The first-order valence-corrected chi connectivity index (χ1v) is 15.7. The highest BCUT2D eigenvalue weighted by Crippen LogP contribution is 2.42. The van der Waals surface area contributed by atoms with E-state index in [0.717, 1.165) is 32.2 Å². The largest absolute Gasteiger partial charge is 0.508 e. The maximum Gasteiger partial charge on any atom is 0.349 e. The van der Waals surface area contributed by atoms with Crippen LogP contribution in [0.25, 0.3) is 33.0 Å². The number of hydrogen-bond donors (Lipinski definition) is 1. The smallest absolute Gasteiger partial charge is 0.349 e. The molecule has 0 amide bonds. The summed E-state index contributed by atoms with van der Waals surface area (Å²) in [5.74, 6) is -0.151. The number of benzene rings is 2. The van der Waals surface area contributed by atoms with Gasteiger partial charge in [-0.15, -0.1) is 0 Å². The molecule has 0 aliphatic carbocycles. The zero-order valence-electron chi connectivity index (χ0n) is 25.3. The summed E-state index contributed by atoms with van der Waals surface area (Å²) < 4.78 is 43.8. The molecule has 3 saturated heterocycles. The number of rotatable bonds is 6. The Bertz CT molecular complexity index is 2020.